The van der Waals surface area contributed by atoms with Gasteiger partial charge in [0.05, 0.1) is 20.7 Å². The molecule has 0 radical (unpaired) electrons. The molecule has 0 bridgehead atoms. The molecule has 0 unspecified atom stereocenters. The van der Waals surface area contributed by atoms with Crippen molar-refractivity contribution in [1.82, 2.24) is 0 Å². The molecule has 2 aromatic rings. The number of nitrogens with one attached hydrogen (secondary N) is 1. The first kappa shape index (κ1) is 14.4. The summed E-state index contributed by atoms with van der Waals surface area (Å²) in [5, 5.41) is 3.29. The van der Waals surface area contributed by atoms with Gasteiger partial charge in [0.15, 0.2) is 0 Å². The Kier molecular flexibility index (Phi) is 4.50. The molecule has 3 N–H and O–H groups in total. The van der Waals surface area contributed by atoms with Crippen molar-refractivity contribution in [3.05, 3.63) is 55.9 Å². The van der Waals surface area contributed by atoms with Crippen LogP contribution in [0.1, 0.15) is 10.4 Å². The molecule has 0 heterocycles. The van der Waals surface area contributed by atoms with E-state index in [1.54, 1.807) is 36.4 Å². The Balaban J connectivity index is 2.31. The van der Waals surface area contributed by atoms with Gasteiger partial charge in [-0.15, -0.1) is 0 Å². The van der Waals surface area contributed by atoms with Crippen LogP contribution in [0.4, 0.5) is 11.4 Å². The zero-order valence-electron chi connectivity index (χ0n) is 9.58. The third kappa shape index (κ3) is 3.29. The molecular weight excluding hydrogens is 395 g/mol. The predicted octanol–water partition coefficient (Wildman–Crippen LogP) is 4.70. The first-order valence-corrected chi connectivity index (χ1v) is 7.26. The summed E-state index contributed by atoms with van der Waals surface area (Å²) in [7, 11) is 0. The molecule has 0 aliphatic carbocycles. The molecule has 1 amide bonds. The first-order chi connectivity index (χ1) is 8.99. The Morgan fingerprint density at radius 3 is 2.68 bits per heavy atom. The van der Waals surface area contributed by atoms with E-state index in [4.69, 9.17) is 17.3 Å². The van der Waals surface area contributed by atoms with Crippen LogP contribution in [0.2, 0.25) is 5.02 Å². The molecule has 0 saturated carbocycles. The molecule has 0 aliphatic rings. The summed E-state index contributed by atoms with van der Waals surface area (Å²) in [6.07, 6.45) is 0. The summed E-state index contributed by atoms with van der Waals surface area (Å²) in [6, 6.07) is 10.4. The van der Waals surface area contributed by atoms with Crippen molar-refractivity contribution in [3.8, 4) is 0 Å². The van der Waals surface area contributed by atoms with Gasteiger partial charge in [-0.2, -0.15) is 0 Å². The number of carbonyl (C=O) groups excluding carboxylic acids is 1. The highest BCUT2D eigenvalue weighted by Crippen LogP contribution is 2.30. The number of hydrogen-bond acceptors (Lipinski definition) is 2. The number of benzene rings is 2. The average molecular weight is 404 g/mol. The van der Waals surface area contributed by atoms with E-state index >= 15 is 0 Å². The maximum absolute atomic E-state index is 12.2. The van der Waals surface area contributed by atoms with Gasteiger partial charge < -0.3 is 11.1 Å². The van der Waals surface area contributed by atoms with Crippen molar-refractivity contribution in [2.45, 2.75) is 0 Å². The fourth-order valence-corrected chi connectivity index (χ4v) is 2.41. The zero-order chi connectivity index (χ0) is 14.0. The van der Waals surface area contributed by atoms with Crippen molar-refractivity contribution < 1.29 is 4.79 Å². The largest absolute Gasteiger partial charge is 0.398 e. The lowest BCUT2D eigenvalue weighted by Crippen LogP contribution is -2.14. The van der Waals surface area contributed by atoms with Crippen molar-refractivity contribution in [2.24, 2.45) is 0 Å². The fraction of sp³-hybridized carbons (Fsp3) is 0. The van der Waals surface area contributed by atoms with E-state index < -0.39 is 0 Å². The van der Waals surface area contributed by atoms with Crippen LogP contribution in [0.5, 0.6) is 0 Å². The SMILES string of the molecule is Nc1ccc(Br)cc1C(=O)Nc1cccc(Cl)c1Br. The molecule has 6 heteroatoms. The number of nitrogens with two attached hydrogens (primary N) is 1. The van der Waals surface area contributed by atoms with E-state index in [2.05, 4.69) is 37.2 Å². The first-order valence-electron chi connectivity index (χ1n) is 5.29. The summed E-state index contributed by atoms with van der Waals surface area (Å²) in [5.74, 6) is -0.290. The monoisotopic (exact) mass is 402 g/mol. The second-order valence-electron chi connectivity index (χ2n) is 3.79. The van der Waals surface area contributed by atoms with E-state index in [1.165, 1.54) is 0 Å². The van der Waals surface area contributed by atoms with Gasteiger partial charge >= 0.3 is 0 Å². The fourth-order valence-electron chi connectivity index (χ4n) is 1.52. The average Bonchev–Trinajstić information content (AvgIpc) is 2.38. The van der Waals surface area contributed by atoms with E-state index in [-0.39, 0.29) is 5.91 Å². The van der Waals surface area contributed by atoms with Gasteiger partial charge in [0.25, 0.3) is 5.91 Å². The Morgan fingerprint density at radius 2 is 1.95 bits per heavy atom. The summed E-state index contributed by atoms with van der Waals surface area (Å²) in [5.41, 5.74) is 7.21. The van der Waals surface area contributed by atoms with Gasteiger partial charge in [-0.05, 0) is 46.3 Å². The van der Waals surface area contributed by atoms with Crippen molar-refractivity contribution >= 4 is 60.7 Å². The highest BCUT2D eigenvalue weighted by atomic mass is 79.9. The smallest absolute Gasteiger partial charge is 0.257 e. The maximum Gasteiger partial charge on any atom is 0.257 e. The Morgan fingerprint density at radius 1 is 1.21 bits per heavy atom. The van der Waals surface area contributed by atoms with Crippen LogP contribution >= 0.6 is 43.5 Å². The van der Waals surface area contributed by atoms with Crippen LogP contribution < -0.4 is 11.1 Å². The number of rotatable bonds is 2. The van der Waals surface area contributed by atoms with E-state index in [0.717, 1.165) is 4.47 Å². The molecule has 2 rings (SSSR count). The quantitative estimate of drug-likeness (QED) is 0.713. The Bertz CT molecular complexity index is 647. The zero-order valence-corrected chi connectivity index (χ0v) is 13.5. The van der Waals surface area contributed by atoms with Gasteiger partial charge in [0, 0.05) is 10.2 Å². The van der Waals surface area contributed by atoms with Crippen LogP contribution in [0, 0.1) is 0 Å². The molecule has 0 aromatic heterocycles. The van der Waals surface area contributed by atoms with Crippen molar-refractivity contribution in [2.75, 3.05) is 11.1 Å². The molecule has 0 atom stereocenters. The lowest BCUT2D eigenvalue weighted by atomic mass is 10.1. The Labute approximate surface area is 132 Å². The number of hydrogen-bond donors (Lipinski definition) is 2. The molecule has 0 fully saturated rings. The number of nitrogen functional groups attached to an aromatic ring is 1. The highest BCUT2D eigenvalue weighted by molar-refractivity contribution is 9.11. The molecule has 0 aliphatic heterocycles. The minimum atomic E-state index is -0.290. The van der Waals surface area contributed by atoms with Crippen LogP contribution in [0.25, 0.3) is 0 Å². The molecule has 2 aromatic carbocycles. The minimum absolute atomic E-state index is 0.290. The van der Waals surface area contributed by atoms with Gasteiger partial charge in [0.2, 0.25) is 0 Å². The number of halogens is 3. The number of anilines is 2. The van der Waals surface area contributed by atoms with Crippen LogP contribution in [-0.2, 0) is 0 Å². The van der Waals surface area contributed by atoms with Gasteiger partial charge in [0.1, 0.15) is 0 Å². The molecule has 0 saturated heterocycles. The number of amides is 1. The van der Waals surface area contributed by atoms with Gasteiger partial charge in [-0.3, -0.25) is 4.79 Å². The predicted molar refractivity (Wildman–Crippen MR) is 85.7 cm³/mol. The molecule has 98 valence electrons. The second kappa shape index (κ2) is 5.94. The van der Waals surface area contributed by atoms with Gasteiger partial charge in [-0.1, -0.05) is 33.6 Å². The third-order valence-corrected chi connectivity index (χ3v) is 4.35. The van der Waals surface area contributed by atoms with E-state index in [0.29, 0.717) is 26.4 Å². The maximum atomic E-state index is 12.2. The van der Waals surface area contributed by atoms with E-state index in [1.807, 2.05) is 0 Å². The molecular formula is C13H9Br2ClN2O. The third-order valence-electron chi connectivity index (χ3n) is 2.46. The highest BCUT2D eigenvalue weighted by Gasteiger charge is 2.12. The standard InChI is InChI=1S/C13H9Br2ClN2O/c14-7-4-5-10(17)8(6-7)13(19)18-11-3-1-2-9(16)12(11)15/h1-6H,17H2,(H,18,19). The van der Waals surface area contributed by atoms with Crippen LogP contribution in [-0.4, -0.2) is 5.91 Å². The van der Waals surface area contributed by atoms with Crippen LogP contribution in [0.3, 0.4) is 0 Å². The van der Waals surface area contributed by atoms with Crippen molar-refractivity contribution in [1.29, 1.82) is 0 Å². The minimum Gasteiger partial charge on any atom is -0.398 e. The topological polar surface area (TPSA) is 55.1 Å². The number of carbonyl (C=O) groups is 1. The van der Waals surface area contributed by atoms with Gasteiger partial charge in [-0.25, -0.2) is 0 Å². The van der Waals surface area contributed by atoms with E-state index in [9.17, 15) is 4.79 Å². The molecule has 0 spiro atoms. The normalized spacial score (nSPS) is 10.3. The molecule has 3 nitrogen and oxygen atoms in total. The molecule has 19 heavy (non-hydrogen) atoms. The summed E-state index contributed by atoms with van der Waals surface area (Å²) in [4.78, 5) is 12.2. The lowest BCUT2D eigenvalue weighted by molar-refractivity contribution is 0.102. The second-order valence-corrected chi connectivity index (χ2v) is 5.90. The van der Waals surface area contributed by atoms with Crippen LogP contribution in [0.15, 0.2) is 45.3 Å². The lowest BCUT2D eigenvalue weighted by Gasteiger charge is -2.10. The Hall–Kier alpha value is -1.04. The summed E-state index contributed by atoms with van der Waals surface area (Å²) < 4.78 is 1.43. The summed E-state index contributed by atoms with van der Waals surface area (Å²) in [6.45, 7) is 0. The van der Waals surface area contributed by atoms with Crippen molar-refractivity contribution in [3.63, 3.8) is 0 Å². The summed E-state index contributed by atoms with van der Waals surface area (Å²) >= 11 is 12.6.